The Morgan fingerprint density at radius 2 is 1.80 bits per heavy atom. The average Bonchev–Trinajstić information content (AvgIpc) is 1.97. The fourth-order valence-electron chi connectivity index (χ4n) is 3.17. The molecule has 0 atom stereocenters. The number of rotatable bonds is 0. The molecule has 82 valence electrons. The molecule has 0 saturated carbocycles. The molecule has 1 heterocycles. The van der Waals surface area contributed by atoms with Crippen LogP contribution in [0.5, 0.6) is 0 Å². The summed E-state index contributed by atoms with van der Waals surface area (Å²) in [6.45, 7) is 11.5. The molecule has 0 aliphatic heterocycles. The smallest absolute Gasteiger partial charge is 0.0449 e. The van der Waals surface area contributed by atoms with Gasteiger partial charge in [-0.25, -0.2) is 0 Å². The summed E-state index contributed by atoms with van der Waals surface area (Å²) < 4.78 is 0. The fraction of sp³-hybridized carbons (Fsp3) is 0.643. The van der Waals surface area contributed by atoms with Gasteiger partial charge in [0, 0.05) is 11.4 Å². The molecule has 0 N–H and O–H groups in total. The molecule has 0 bridgehead atoms. The first-order chi connectivity index (χ1) is 6.80. The zero-order valence-corrected chi connectivity index (χ0v) is 10.5. The molecule has 1 aliphatic carbocycles. The highest BCUT2D eigenvalue weighted by Gasteiger charge is 2.37. The summed E-state index contributed by atoms with van der Waals surface area (Å²) in [5.74, 6) is 0. The van der Waals surface area contributed by atoms with Crippen molar-refractivity contribution in [1.82, 2.24) is 4.98 Å². The first kappa shape index (κ1) is 10.7. The normalized spacial score (nSPS) is 22.2. The van der Waals surface area contributed by atoms with Gasteiger partial charge < -0.3 is 0 Å². The maximum atomic E-state index is 4.70. The van der Waals surface area contributed by atoms with Gasteiger partial charge in [0.25, 0.3) is 0 Å². The van der Waals surface area contributed by atoms with E-state index >= 15 is 0 Å². The van der Waals surface area contributed by atoms with Crippen molar-refractivity contribution < 1.29 is 0 Å². The van der Waals surface area contributed by atoms with Gasteiger partial charge in [-0.05, 0) is 42.2 Å². The van der Waals surface area contributed by atoms with Crippen LogP contribution in [0.3, 0.4) is 0 Å². The van der Waals surface area contributed by atoms with Crippen LogP contribution in [0, 0.1) is 12.3 Å². The number of pyridine rings is 1. The lowest BCUT2D eigenvalue weighted by molar-refractivity contribution is 0.227. The summed E-state index contributed by atoms with van der Waals surface area (Å²) in [7, 11) is 0. The minimum atomic E-state index is 0.276. The third kappa shape index (κ3) is 1.92. The summed E-state index contributed by atoms with van der Waals surface area (Å²) in [6.07, 6.45) is 2.37. The predicted molar refractivity (Wildman–Crippen MR) is 64.1 cm³/mol. The van der Waals surface area contributed by atoms with Crippen molar-refractivity contribution in [3.63, 3.8) is 0 Å². The topological polar surface area (TPSA) is 12.9 Å². The number of fused-ring (bicyclic) bond motifs is 1. The van der Waals surface area contributed by atoms with Crippen LogP contribution in [-0.4, -0.2) is 4.98 Å². The van der Waals surface area contributed by atoms with Gasteiger partial charge in [0.2, 0.25) is 0 Å². The molecule has 1 aliphatic rings. The molecule has 15 heavy (non-hydrogen) atoms. The van der Waals surface area contributed by atoms with E-state index in [1.807, 2.05) is 0 Å². The SMILES string of the molecule is Cc1ccc2c(n1)CC(C)(C)CC2(C)C. The quantitative estimate of drug-likeness (QED) is 0.627. The van der Waals surface area contributed by atoms with Crippen molar-refractivity contribution >= 4 is 0 Å². The van der Waals surface area contributed by atoms with Gasteiger partial charge in [-0.1, -0.05) is 33.8 Å². The monoisotopic (exact) mass is 203 g/mol. The molecule has 1 heteroatoms. The van der Waals surface area contributed by atoms with Crippen LogP contribution in [0.2, 0.25) is 0 Å². The van der Waals surface area contributed by atoms with Crippen molar-refractivity contribution in [2.24, 2.45) is 5.41 Å². The Kier molecular flexibility index (Phi) is 2.18. The number of hydrogen-bond donors (Lipinski definition) is 0. The Morgan fingerprint density at radius 3 is 2.47 bits per heavy atom. The molecule has 0 saturated heterocycles. The third-order valence-corrected chi connectivity index (χ3v) is 3.41. The minimum absolute atomic E-state index is 0.276. The number of hydrogen-bond acceptors (Lipinski definition) is 1. The predicted octanol–water partition coefficient (Wildman–Crippen LogP) is 3.64. The van der Waals surface area contributed by atoms with Crippen LogP contribution in [0.15, 0.2) is 12.1 Å². The van der Waals surface area contributed by atoms with Crippen LogP contribution in [0.25, 0.3) is 0 Å². The van der Waals surface area contributed by atoms with E-state index in [0.29, 0.717) is 5.41 Å². The fourth-order valence-corrected chi connectivity index (χ4v) is 3.17. The van der Waals surface area contributed by atoms with E-state index in [4.69, 9.17) is 4.98 Å². The van der Waals surface area contributed by atoms with Crippen molar-refractivity contribution in [2.45, 2.75) is 52.9 Å². The van der Waals surface area contributed by atoms with Crippen molar-refractivity contribution in [3.8, 4) is 0 Å². The first-order valence-corrected chi connectivity index (χ1v) is 5.77. The van der Waals surface area contributed by atoms with E-state index in [-0.39, 0.29) is 5.41 Å². The van der Waals surface area contributed by atoms with Crippen LogP contribution >= 0.6 is 0 Å². The number of nitrogens with zero attached hydrogens (tertiary/aromatic N) is 1. The van der Waals surface area contributed by atoms with Gasteiger partial charge in [-0.3, -0.25) is 4.98 Å². The molecule has 2 rings (SSSR count). The highest BCUT2D eigenvalue weighted by atomic mass is 14.7. The lowest BCUT2D eigenvalue weighted by Crippen LogP contribution is -2.35. The molecule has 0 amide bonds. The second-order valence-electron chi connectivity index (χ2n) is 6.35. The molecule has 0 radical (unpaired) electrons. The summed E-state index contributed by atoms with van der Waals surface area (Å²) in [6, 6.07) is 4.41. The first-order valence-electron chi connectivity index (χ1n) is 5.77. The maximum Gasteiger partial charge on any atom is 0.0449 e. The minimum Gasteiger partial charge on any atom is -0.258 e. The van der Waals surface area contributed by atoms with E-state index in [0.717, 1.165) is 12.1 Å². The number of aromatic nitrogens is 1. The van der Waals surface area contributed by atoms with Gasteiger partial charge in [-0.2, -0.15) is 0 Å². The Morgan fingerprint density at radius 1 is 1.13 bits per heavy atom. The second kappa shape index (κ2) is 3.07. The lowest BCUT2D eigenvalue weighted by atomic mass is 9.64. The zero-order valence-electron chi connectivity index (χ0n) is 10.5. The highest BCUT2D eigenvalue weighted by Crippen LogP contribution is 2.44. The van der Waals surface area contributed by atoms with Gasteiger partial charge >= 0.3 is 0 Å². The van der Waals surface area contributed by atoms with Gasteiger partial charge in [-0.15, -0.1) is 0 Å². The summed E-state index contributed by atoms with van der Waals surface area (Å²) in [4.78, 5) is 4.70. The zero-order chi connectivity index (χ0) is 11.3. The molecular formula is C14H21N. The van der Waals surface area contributed by atoms with E-state index in [1.54, 1.807) is 0 Å². The number of aryl methyl sites for hydroxylation is 1. The van der Waals surface area contributed by atoms with Crippen molar-refractivity contribution in [3.05, 3.63) is 29.1 Å². The summed E-state index contributed by atoms with van der Waals surface area (Å²) in [5.41, 5.74) is 4.57. The van der Waals surface area contributed by atoms with Crippen LogP contribution in [-0.2, 0) is 11.8 Å². The molecule has 0 aromatic carbocycles. The molecule has 1 nitrogen and oxygen atoms in total. The van der Waals surface area contributed by atoms with E-state index in [1.165, 1.54) is 17.7 Å². The molecule has 1 aromatic heterocycles. The molecule has 1 aromatic rings. The maximum absolute atomic E-state index is 4.70. The molecular weight excluding hydrogens is 182 g/mol. The molecule has 0 spiro atoms. The second-order valence-corrected chi connectivity index (χ2v) is 6.35. The third-order valence-electron chi connectivity index (χ3n) is 3.41. The van der Waals surface area contributed by atoms with Gasteiger partial charge in [0.1, 0.15) is 0 Å². The summed E-state index contributed by atoms with van der Waals surface area (Å²) in [5, 5.41) is 0. The molecule has 0 unspecified atom stereocenters. The summed E-state index contributed by atoms with van der Waals surface area (Å²) >= 11 is 0. The van der Waals surface area contributed by atoms with Gasteiger partial charge in [0.05, 0.1) is 0 Å². The lowest BCUT2D eigenvalue weighted by Gasteiger charge is -2.41. The van der Waals surface area contributed by atoms with E-state index in [9.17, 15) is 0 Å². The Hall–Kier alpha value is -0.850. The van der Waals surface area contributed by atoms with E-state index < -0.39 is 0 Å². The standard InChI is InChI=1S/C14H21N/c1-10-6-7-11-12(15-10)8-13(2,3)9-14(11,4)5/h6-7H,8-9H2,1-5H3. The Bertz CT molecular complexity index is 388. The van der Waals surface area contributed by atoms with Crippen LogP contribution < -0.4 is 0 Å². The average molecular weight is 203 g/mol. The molecule has 0 fully saturated rings. The van der Waals surface area contributed by atoms with Gasteiger partial charge in [0.15, 0.2) is 0 Å². The highest BCUT2D eigenvalue weighted by molar-refractivity contribution is 5.33. The van der Waals surface area contributed by atoms with Crippen molar-refractivity contribution in [2.75, 3.05) is 0 Å². The van der Waals surface area contributed by atoms with Crippen LogP contribution in [0.4, 0.5) is 0 Å². The van der Waals surface area contributed by atoms with E-state index in [2.05, 4.69) is 46.8 Å². The Balaban J connectivity index is 2.55. The Labute approximate surface area is 92.9 Å². The van der Waals surface area contributed by atoms with Crippen molar-refractivity contribution in [1.29, 1.82) is 0 Å². The van der Waals surface area contributed by atoms with Crippen LogP contribution in [0.1, 0.15) is 51.1 Å². The largest absolute Gasteiger partial charge is 0.258 e.